The van der Waals surface area contributed by atoms with Crippen LogP contribution in [0.2, 0.25) is 5.02 Å². The van der Waals surface area contributed by atoms with Gasteiger partial charge in [0.1, 0.15) is 6.54 Å². The number of fused-ring (bicyclic) bond motifs is 3. The number of aromatic nitrogens is 3. The standard InChI is InChI=1S/C23H21ClN4O2/c24-16-11-9-15(10-12-16)18-13-22(30)28-20-8-4-3-7-19(20)27(23(28)26-18)14-21(29)25-17-5-1-2-6-17/h3-4,7-13,17H,1-2,5-6,14H2,(H,25,29). The molecule has 1 aliphatic rings. The maximum absolute atomic E-state index is 13.0. The van der Waals surface area contributed by atoms with Crippen LogP contribution < -0.4 is 10.9 Å². The summed E-state index contributed by atoms with van der Waals surface area (Å²) in [5.74, 6) is 0.395. The Labute approximate surface area is 178 Å². The van der Waals surface area contributed by atoms with E-state index in [1.165, 1.54) is 6.07 Å². The molecule has 0 radical (unpaired) electrons. The number of carbonyl (C=O) groups is 1. The molecule has 1 amide bonds. The first-order valence-electron chi connectivity index (χ1n) is 10.2. The number of nitrogens with zero attached hydrogens (tertiary/aromatic N) is 3. The maximum Gasteiger partial charge on any atom is 0.260 e. The van der Waals surface area contributed by atoms with Crippen molar-refractivity contribution in [2.75, 3.05) is 0 Å². The molecule has 6 nitrogen and oxygen atoms in total. The molecule has 0 atom stereocenters. The predicted molar refractivity (Wildman–Crippen MR) is 118 cm³/mol. The van der Waals surface area contributed by atoms with Crippen molar-refractivity contribution in [3.8, 4) is 11.3 Å². The first kappa shape index (κ1) is 18.9. The Hall–Kier alpha value is -3.12. The predicted octanol–water partition coefficient (Wildman–Crippen LogP) is 4.03. The molecular weight excluding hydrogens is 400 g/mol. The van der Waals surface area contributed by atoms with Gasteiger partial charge in [0.05, 0.1) is 16.7 Å². The van der Waals surface area contributed by atoms with Crippen molar-refractivity contribution >= 4 is 34.3 Å². The minimum atomic E-state index is -0.184. The fourth-order valence-electron chi connectivity index (χ4n) is 4.28. The van der Waals surface area contributed by atoms with Crippen LogP contribution in [-0.2, 0) is 11.3 Å². The number of benzene rings is 2. The fraction of sp³-hybridized carbons (Fsp3) is 0.261. The Morgan fingerprint density at radius 2 is 1.77 bits per heavy atom. The summed E-state index contributed by atoms with van der Waals surface area (Å²) in [4.78, 5) is 30.5. The molecule has 152 valence electrons. The summed E-state index contributed by atoms with van der Waals surface area (Å²) in [6, 6.07) is 16.5. The summed E-state index contributed by atoms with van der Waals surface area (Å²) in [5, 5.41) is 3.74. The second-order valence-electron chi connectivity index (χ2n) is 7.75. The molecule has 2 aromatic heterocycles. The Morgan fingerprint density at radius 1 is 1.07 bits per heavy atom. The number of rotatable bonds is 4. The number of halogens is 1. The Kier molecular flexibility index (Phi) is 4.79. The van der Waals surface area contributed by atoms with Crippen LogP contribution in [0.25, 0.3) is 28.1 Å². The molecule has 2 heterocycles. The largest absolute Gasteiger partial charge is 0.352 e. The number of para-hydroxylation sites is 2. The monoisotopic (exact) mass is 420 g/mol. The van der Waals surface area contributed by atoms with Gasteiger partial charge >= 0.3 is 0 Å². The zero-order valence-corrected chi connectivity index (χ0v) is 17.1. The van der Waals surface area contributed by atoms with Crippen LogP contribution in [0.15, 0.2) is 59.4 Å². The van der Waals surface area contributed by atoms with Gasteiger partial charge in [0, 0.05) is 22.7 Å². The maximum atomic E-state index is 13.0. The number of amides is 1. The fourth-order valence-corrected chi connectivity index (χ4v) is 4.40. The third-order valence-electron chi connectivity index (χ3n) is 5.72. The van der Waals surface area contributed by atoms with Crippen molar-refractivity contribution in [3.63, 3.8) is 0 Å². The molecular formula is C23H21ClN4O2. The van der Waals surface area contributed by atoms with Crippen molar-refractivity contribution < 1.29 is 4.79 Å². The molecule has 30 heavy (non-hydrogen) atoms. The van der Waals surface area contributed by atoms with E-state index in [9.17, 15) is 9.59 Å². The van der Waals surface area contributed by atoms with E-state index in [0.717, 1.165) is 42.3 Å². The van der Waals surface area contributed by atoms with Gasteiger partial charge < -0.3 is 9.88 Å². The van der Waals surface area contributed by atoms with Gasteiger partial charge in [0.15, 0.2) is 0 Å². The molecule has 1 N–H and O–H groups in total. The second kappa shape index (κ2) is 7.61. The normalized spacial score (nSPS) is 14.6. The van der Waals surface area contributed by atoms with Crippen LogP contribution >= 0.6 is 11.6 Å². The van der Waals surface area contributed by atoms with Gasteiger partial charge in [-0.05, 0) is 37.1 Å². The van der Waals surface area contributed by atoms with E-state index in [1.54, 1.807) is 16.5 Å². The Balaban J connectivity index is 1.64. The SMILES string of the molecule is O=C(Cn1c2ccccc2n2c(=O)cc(-c3ccc(Cl)cc3)nc12)NC1CCCC1. The molecule has 0 aliphatic heterocycles. The van der Waals surface area contributed by atoms with Crippen molar-refractivity contribution in [2.45, 2.75) is 38.3 Å². The Morgan fingerprint density at radius 3 is 2.50 bits per heavy atom. The number of hydrogen-bond donors (Lipinski definition) is 1. The van der Waals surface area contributed by atoms with E-state index in [4.69, 9.17) is 16.6 Å². The molecule has 1 aliphatic carbocycles. The Bertz CT molecular complexity index is 1300. The summed E-state index contributed by atoms with van der Waals surface area (Å²) in [6.07, 6.45) is 4.36. The lowest BCUT2D eigenvalue weighted by molar-refractivity contribution is -0.122. The molecule has 7 heteroatoms. The highest BCUT2D eigenvalue weighted by Crippen LogP contribution is 2.23. The quantitative estimate of drug-likeness (QED) is 0.542. The highest BCUT2D eigenvalue weighted by Gasteiger charge is 2.20. The lowest BCUT2D eigenvalue weighted by atomic mass is 10.1. The average molecular weight is 421 g/mol. The van der Waals surface area contributed by atoms with Gasteiger partial charge in [-0.2, -0.15) is 0 Å². The average Bonchev–Trinajstić information content (AvgIpc) is 3.35. The minimum Gasteiger partial charge on any atom is -0.352 e. The summed E-state index contributed by atoms with van der Waals surface area (Å²) < 4.78 is 3.39. The zero-order chi connectivity index (χ0) is 20.7. The number of hydrogen-bond acceptors (Lipinski definition) is 3. The van der Waals surface area contributed by atoms with Crippen molar-refractivity contribution in [1.82, 2.24) is 19.3 Å². The van der Waals surface area contributed by atoms with E-state index >= 15 is 0 Å². The van der Waals surface area contributed by atoms with Gasteiger partial charge in [-0.1, -0.05) is 48.7 Å². The van der Waals surface area contributed by atoms with Crippen LogP contribution in [-0.4, -0.2) is 25.9 Å². The molecule has 0 spiro atoms. The van der Waals surface area contributed by atoms with E-state index < -0.39 is 0 Å². The highest BCUT2D eigenvalue weighted by atomic mass is 35.5. The highest BCUT2D eigenvalue weighted by molar-refractivity contribution is 6.30. The summed E-state index contributed by atoms with van der Waals surface area (Å²) >= 11 is 6.00. The molecule has 2 aromatic carbocycles. The van der Waals surface area contributed by atoms with Crippen LogP contribution in [0, 0.1) is 0 Å². The lowest BCUT2D eigenvalue weighted by Crippen LogP contribution is -2.35. The second-order valence-corrected chi connectivity index (χ2v) is 8.18. The first-order valence-corrected chi connectivity index (χ1v) is 10.5. The van der Waals surface area contributed by atoms with Crippen molar-refractivity contribution in [1.29, 1.82) is 0 Å². The summed E-state index contributed by atoms with van der Waals surface area (Å²) in [6.45, 7) is 0.115. The van der Waals surface area contributed by atoms with Crippen LogP contribution in [0.3, 0.4) is 0 Å². The van der Waals surface area contributed by atoms with E-state index in [2.05, 4.69) is 5.32 Å². The topological polar surface area (TPSA) is 68.4 Å². The molecule has 1 saturated carbocycles. The molecule has 0 bridgehead atoms. The van der Waals surface area contributed by atoms with Crippen molar-refractivity contribution in [2.24, 2.45) is 0 Å². The minimum absolute atomic E-state index is 0.0590. The van der Waals surface area contributed by atoms with Crippen LogP contribution in [0.5, 0.6) is 0 Å². The van der Waals surface area contributed by atoms with E-state index in [0.29, 0.717) is 16.5 Å². The third kappa shape index (κ3) is 3.37. The molecule has 4 aromatic rings. The third-order valence-corrected chi connectivity index (χ3v) is 5.97. The molecule has 0 unspecified atom stereocenters. The van der Waals surface area contributed by atoms with Crippen molar-refractivity contribution in [3.05, 3.63) is 70.0 Å². The van der Waals surface area contributed by atoms with Gasteiger partial charge in [-0.3, -0.25) is 9.59 Å². The van der Waals surface area contributed by atoms with Gasteiger partial charge in [0.2, 0.25) is 11.7 Å². The van der Waals surface area contributed by atoms with Gasteiger partial charge in [-0.25, -0.2) is 9.38 Å². The smallest absolute Gasteiger partial charge is 0.260 e. The summed E-state index contributed by atoms with van der Waals surface area (Å²) in [7, 11) is 0. The molecule has 5 rings (SSSR count). The van der Waals surface area contributed by atoms with E-state index in [-0.39, 0.29) is 24.1 Å². The number of nitrogens with one attached hydrogen (secondary N) is 1. The van der Waals surface area contributed by atoms with Gasteiger partial charge in [-0.15, -0.1) is 0 Å². The molecule has 0 saturated heterocycles. The van der Waals surface area contributed by atoms with E-state index in [1.807, 2.05) is 41.0 Å². The number of carbonyl (C=O) groups excluding carboxylic acids is 1. The van der Waals surface area contributed by atoms with Crippen LogP contribution in [0.1, 0.15) is 25.7 Å². The zero-order valence-electron chi connectivity index (χ0n) is 16.3. The lowest BCUT2D eigenvalue weighted by Gasteiger charge is -2.13. The van der Waals surface area contributed by atoms with Gasteiger partial charge in [0.25, 0.3) is 5.56 Å². The first-order chi connectivity index (χ1) is 14.6. The number of imidazole rings is 1. The molecule has 1 fully saturated rings. The summed E-state index contributed by atoms with van der Waals surface area (Å²) in [5.41, 5.74) is 2.71. The van der Waals surface area contributed by atoms with Crippen LogP contribution in [0.4, 0.5) is 0 Å².